The highest BCUT2D eigenvalue weighted by molar-refractivity contribution is 7.99. The highest BCUT2D eigenvalue weighted by Crippen LogP contribution is 2.28. The molecule has 0 amide bonds. The third kappa shape index (κ3) is 3.08. The average Bonchev–Trinajstić information content (AvgIpc) is 2.65. The molecule has 0 spiro atoms. The largest absolute Gasteiger partial charge is 0.299 e. The second kappa shape index (κ2) is 5.48. The normalized spacial score (nSPS) is 20.3. The molecule has 1 fully saturated rings. The summed E-state index contributed by atoms with van der Waals surface area (Å²) in [6.45, 7) is 0. The Morgan fingerprint density at radius 2 is 2.31 bits per heavy atom. The van der Waals surface area contributed by atoms with Crippen molar-refractivity contribution in [3.63, 3.8) is 0 Å². The van der Waals surface area contributed by atoms with E-state index in [0.29, 0.717) is 5.78 Å². The molecule has 0 aromatic heterocycles. The number of hydrogen-bond donors (Lipinski definition) is 0. The molecule has 86 valence electrons. The molecule has 1 saturated carbocycles. The molecule has 1 aromatic carbocycles. The molecule has 16 heavy (non-hydrogen) atoms. The lowest BCUT2D eigenvalue weighted by atomic mass is 10.1. The minimum Gasteiger partial charge on any atom is -0.299 e. The van der Waals surface area contributed by atoms with E-state index < -0.39 is 0 Å². The zero-order chi connectivity index (χ0) is 11.4. The summed E-state index contributed by atoms with van der Waals surface area (Å²) >= 11 is 1.63. The molecular weight excluding hydrogens is 223 g/mol. The van der Waals surface area contributed by atoms with Crippen LogP contribution >= 0.6 is 11.8 Å². The van der Waals surface area contributed by atoms with E-state index in [1.165, 1.54) is 6.07 Å². The van der Waals surface area contributed by atoms with Crippen LogP contribution in [0.2, 0.25) is 0 Å². The minimum atomic E-state index is -0.193. The molecule has 2 rings (SSSR count). The highest BCUT2D eigenvalue weighted by Gasteiger charge is 2.23. The molecule has 1 aliphatic rings. The van der Waals surface area contributed by atoms with Crippen molar-refractivity contribution in [1.29, 1.82) is 0 Å². The molecule has 1 aliphatic carbocycles. The quantitative estimate of drug-likeness (QED) is 0.744. The Balaban J connectivity index is 1.77. The Labute approximate surface area is 99.4 Å². The first-order chi connectivity index (χ1) is 7.75. The van der Waals surface area contributed by atoms with Crippen LogP contribution in [-0.2, 0) is 4.79 Å². The second-order valence-electron chi connectivity index (χ2n) is 4.15. The van der Waals surface area contributed by atoms with Crippen molar-refractivity contribution in [1.82, 2.24) is 0 Å². The van der Waals surface area contributed by atoms with Crippen molar-refractivity contribution in [3.8, 4) is 0 Å². The summed E-state index contributed by atoms with van der Waals surface area (Å²) in [6, 6.07) is 6.62. The van der Waals surface area contributed by atoms with E-state index in [-0.39, 0.29) is 11.7 Å². The van der Waals surface area contributed by atoms with Crippen LogP contribution in [0.15, 0.2) is 29.2 Å². The predicted octanol–water partition coefficient (Wildman–Crippen LogP) is 3.68. The maximum absolute atomic E-state index is 12.9. The van der Waals surface area contributed by atoms with Gasteiger partial charge in [0.2, 0.25) is 0 Å². The number of hydrogen-bond acceptors (Lipinski definition) is 2. The fraction of sp³-hybridized carbons (Fsp3) is 0.462. The first-order valence-electron chi connectivity index (χ1n) is 5.67. The summed E-state index contributed by atoms with van der Waals surface area (Å²) in [7, 11) is 0. The Bertz CT molecular complexity index is 378. The SMILES string of the molecule is O=C1CCCC1CCSc1cccc(F)c1. The number of benzene rings is 1. The molecule has 0 bridgehead atoms. The first kappa shape index (κ1) is 11.6. The summed E-state index contributed by atoms with van der Waals surface area (Å²) in [5, 5.41) is 0. The zero-order valence-electron chi connectivity index (χ0n) is 9.12. The molecule has 0 aliphatic heterocycles. The summed E-state index contributed by atoms with van der Waals surface area (Å²) < 4.78 is 12.9. The lowest BCUT2D eigenvalue weighted by Crippen LogP contribution is -2.06. The van der Waals surface area contributed by atoms with Gasteiger partial charge in [-0.15, -0.1) is 11.8 Å². The van der Waals surface area contributed by atoms with E-state index in [2.05, 4.69) is 0 Å². The van der Waals surface area contributed by atoms with Gasteiger partial charge in [-0.2, -0.15) is 0 Å². The molecule has 1 atom stereocenters. The van der Waals surface area contributed by atoms with Gasteiger partial charge >= 0.3 is 0 Å². The Kier molecular flexibility index (Phi) is 3.99. The van der Waals surface area contributed by atoms with E-state index in [1.54, 1.807) is 23.9 Å². The smallest absolute Gasteiger partial charge is 0.136 e. The van der Waals surface area contributed by atoms with Crippen molar-refractivity contribution in [2.75, 3.05) is 5.75 Å². The summed E-state index contributed by atoms with van der Waals surface area (Å²) in [4.78, 5) is 12.4. The third-order valence-electron chi connectivity index (χ3n) is 2.96. The molecule has 1 aromatic rings. The van der Waals surface area contributed by atoms with Crippen LogP contribution in [-0.4, -0.2) is 11.5 Å². The van der Waals surface area contributed by atoms with Gasteiger partial charge in [0, 0.05) is 17.2 Å². The van der Waals surface area contributed by atoms with Gasteiger partial charge in [-0.25, -0.2) is 4.39 Å². The van der Waals surface area contributed by atoms with Crippen molar-refractivity contribution in [2.45, 2.75) is 30.6 Å². The Hall–Kier alpha value is -0.830. The van der Waals surface area contributed by atoms with Crippen LogP contribution in [0.4, 0.5) is 4.39 Å². The molecular formula is C13H15FOS. The van der Waals surface area contributed by atoms with Gasteiger partial charge in [-0.3, -0.25) is 4.79 Å². The number of rotatable bonds is 4. The molecule has 0 heterocycles. The van der Waals surface area contributed by atoms with E-state index >= 15 is 0 Å². The van der Waals surface area contributed by atoms with Gasteiger partial charge < -0.3 is 0 Å². The molecule has 0 saturated heterocycles. The fourth-order valence-electron chi connectivity index (χ4n) is 2.07. The van der Waals surface area contributed by atoms with Gasteiger partial charge in [-0.1, -0.05) is 6.07 Å². The standard InChI is InChI=1S/C13H15FOS/c14-11-4-2-5-12(9-11)16-8-7-10-3-1-6-13(10)15/h2,4-5,9-10H,1,3,6-8H2. The number of Topliss-reactive ketones (excluding diaryl/α,β-unsaturated/α-hetero) is 1. The molecule has 0 N–H and O–H groups in total. The van der Waals surface area contributed by atoms with Crippen molar-refractivity contribution in [2.24, 2.45) is 5.92 Å². The van der Waals surface area contributed by atoms with Crippen LogP contribution in [0.5, 0.6) is 0 Å². The van der Waals surface area contributed by atoms with Gasteiger partial charge in [0.05, 0.1) is 0 Å². The number of thioether (sulfide) groups is 1. The average molecular weight is 238 g/mol. The monoisotopic (exact) mass is 238 g/mol. The molecule has 1 unspecified atom stereocenters. The van der Waals surface area contributed by atoms with Crippen molar-refractivity contribution in [3.05, 3.63) is 30.1 Å². The summed E-state index contributed by atoms with van der Waals surface area (Å²) in [5.74, 6) is 1.39. The molecule has 0 radical (unpaired) electrons. The number of carbonyl (C=O) groups is 1. The molecule has 1 nitrogen and oxygen atoms in total. The van der Waals surface area contributed by atoms with Gasteiger partial charge in [0.25, 0.3) is 0 Å². The Morgan fingerprint density at radius 3 is 3.00 bits per heavy atom. The highest BCUT2D eigenvalue weighted by atomic mass is 32.2. The van der Waals surface area contributed by atoms with E-state index in [9.17, 15) is 9.18 Å². The second-order valence-corrected chi connectivity index (χ2v) is 5.32. The topological polar surface area (TPSA) is 17.1 Å². The van der Waals surface area contributed by atoms with E-state index in [1.807, 2.05) is 6.07 Å². The maximum atomic E-state index is 12.9. The van der Waals surface area contributed by atoms with E-state index in [4.69, 9.17) is 0 Å². The maximum Gasteiger partial charge on any atom is 0.136 e. The van der Waals surface area contributed by atoms with Crippen molar-refractivity contribution >= 4 is 17.5 Å². The van der Waals surface area contributed by atoms with Crippen LogP contribution in [0.25, 0.3) is 0 Å². The number of carbonyl (C=O) groups excluding carboxylic acids is 1. The van der Waals surface area contributed by atoms with Gasteiger partial charge in [0.1, 0.15) is 11.6 Å². The number of halogens is 1. The van der Waals surface area contributed by atoms with Crippen molar-refractivity contribution < 1.29 is 9.18 Å². The molecule has 3 heteroatoms. The van der Waals surface area contributed by atoms with Crippen LogP contribution < -0.4 is 0 Å². The van der Waals surface area contributed by atoms with Crippen LogP contribution in [0, 0.1) is 11.7 Å². The number of ketones is 1. The van der Waals surface area contributed by atoms with Gasteiger partial charge in [0.15, 0.2) is 0 Å². The zero-order valence-corrected chi connectivity index (χ0v) is 9.93. The first-order valence-corrected chi connectivity index (χ1v) is 6.65. The lowest BCUT2D eigenvalue weighted by Gasteiger charge is -2.07. The van der Waals surface area contributed by atoms with E-state index in [0.717, 1.165) is 36.3 Å². The lowest BCUT2D eigenvalue weighted by molar-refractivity contribution is -0.120. The third-order valence-corrected chi connectivity index (χ3v) is 3.99. The Morgan fingerprint density at radius 1 is 1.44 bits per heavy atom. The summed E-state index contributed by atoms with van der Waals surface area (Å²) in [6.07, 6.45) is 3.78. The van der Waals surface area contributed by atoms with Crippen LogP contribution in [0.1, 0.15) is 25.7 Å². The minimum absolute atomic E-state index is 0.193. The fourth-order valence-corrected chi connectivity index (χ4v) is 3.08. The van der Waals surface area contributed by atoms with Crippen LogP contribution in [0.3, 0.4) is 0 Å². The predicted molar refractivity (Wildman–Crippen MR) is 64.1 cm³/mol. The summed E-state index contributed by atoms with van der Waals surface area (Å²) in [5.41, 5.74) is 0. The van der Waals surface area contributed by atoms with Gasteiger partial charge in [-0.05, 0) is 43.2 Å².